The van der Waals surface area contributed by atoms with Gasteiger partial charge in [0.1, 0.15) is 29.1 Å². The number of oxazole rings is 6. The number of carbonyl (C=O) groups is 13. The third-order valence-corrected chi connectivity index (χ3v) is 20.7. The summed E-state index contributed by atoms with van der Waals surface area (Å²) in [5.74, 6) is -5.64. The van der Waals surface area contributed by atoms with Crippen LogP contribution in [-0.4, -0.2) is 111 Å². The van der Waals surface area contributed by atoms with Gasteiger partial charge in [-0.15, -0.1) is 0 Å². The summed E-state index contributed by atoms with van der Waals surface area (Å²) in [6, 6.07) is 51.7. The van der Waals surface area contributed by atoms with Crippen molar-refractivity contribution in [2.75, 3.05) is 6.61 Å². The second-order valence-electron chi connectivity index (χ2n) is 28.5. The van der Waals surface area contributed by atoms with E-state index < -0.39 is 81.1 Å². The van der Waals surface area contributed by atoms with Crippen molar-refractivity contribution in [3.63, 3.8) is 0 Å². The number of aryl methyl sites for hydroxylation is 6. The molecule has 1 saturated heterocycles. The third-order valence-electron chi connectivity index (χ3n) is 20.7. The van der Waals surface area contributed by atoms with Gasteiger partial charge in [-0.2, -0.15) is 0 Å². The zero-order valence-corrected chi connectivity index (χ0v) is 65.3. The van der Waals surface area contributed by atoms with Crippen LogP contribution in [0.4, 0.5) is 8.78 Å². The molecule has 0 spiro atoms. The smallest absolute Gasteiger partial charge is 0.419 e. The van der Waals surface area contributed by atoms with Crippen LogP contribution in [-0.2, 0) is 60.0 Å². The topological polar surface area (TPSA) is 406 Å². The second-order valence-corrected chi connectivity index (χ2v) is 28.5. The van der Waals surface area contributed by atoms with Gasteiger partial charge in [0.25, 0.3) is 34.7 Å². The largest absolute Gasteiger partial charge is 0.456 e. The van der Waals surface area contributed by atoms with Crippen molar-refractivity contribution in [2.24, 2.45) is 7.05 Å². The number of Topliss-reactive ketones (excluding diaryl/α,β-unsaturated/α-hetero) is 12. The lowest BCUT2D eigenvalue weighted by Gasteiger charge is -2.12. The number of halogens is 2. The Balaban J connectivity index is 0.000000110. The summed E-state index contributed by atoms with van der Waals surface area (Å²) in [6.07, 6.45) is 4.28. The Bertz CT molecular complexity index is 6910. The predicted octanol–water partition coefficient (Wildman–Crippen LogP) is 15.3. The highest BCUT2D eigenvalue weighted by molar-refractivity contribution is 6.55. The number of benzene rings is 8. The van der Waals surface area contributed by atoms with Crippen molar-refractivity contribution in [3.8, 4) is 67.9 Å². The van der Waals surface area contributed by atoms with Crippen molar-refractivity contribution in [1.29, 1.82) is 0 Å². The van der Waals surface area contributed by atoms with Crippen molar-refractivity contribution in [2.45, 2.75) is 78.4 Å². The van der Waals surface area contributed by atoms with Crippen LogP contribution in [0.25, 0.3) is 67.9 Å². The monoisotopic (exact) mass is 1650 g/mol. The van der Waals surface area contributed by atoms with Crippen LogP contribution < -0.4 is 5.76 Å². The van der Waals surface area contributed by atoms with Gasteiger partial charge in [0.05, 0.1) is 0 Å². The van der Waals surface area contributed by atoms with E-state index in [1.165, 1.54) is 38.2 Å². The Morgan fingerprint density at radius 2 is 0.772 bits per heavy atom. The number of ketones is 12. The Hall–Kier alpha value is -15.9. The summed E-state index contributed by atoms with van der Waals surface area (Å²) in [6.45, 7) is 5.48. The maximum atomic E-state index is 13.2. The molecule has 123 heavy (non-hydrogen) atoms. The van der Waals surface area contributed by atoms with Crippen molar-refractivity contribution in [3.05, 3.63) is 324 Å². The minimum Gasteiger partial charge on any atom is -0.456 e. The van der Waals surface area contributed by atoms with E-state index >= 15 is 0 Å². The number of nitrogens with zero attached hydrogens (tertiary/aromatic N) is 6. The molecule has 7 heterocycles. The maximum Gasteiger partial charge on any atom is 0.419 e. The van der Waals surface area contributed by atoms with E-state index in [1.54, 1.807) is 158 Å². The third kappa shape index (κ3) is 15.4. The number of ether oxygens (including phenoxy) is 2. The molecule has 21 rings (SSSR count). The zero-order valence-electron chi connectivity index (χ0n) is 65.3. The minimum atomic E-state index is -0.712. The SMILES string of the molecule is CC(=O)OCc1nc2c(o1)-c1ccccc1C(=O)C2=O.CCc1nc2c(o1)C(=O)C(=O)c1ccccc1-2.Cc1cc(F)ccc1CCc1nc2c(o1)-c1ccccc1C(=O)C2=O.Cn1c2c(oc1=O)-c1ccccc1C(=O)C2=O.O=C1C(=O)c2nc(C3CCCO3)oc2-c2ccccc21.O=C1C(=O)c2nc(CCc3ccc(F)cc3)oc2-c2ccccc21. The zero-order chi connectivity index (χ0) is 86.3. The van der Waals surface area contributed by atoms with Gasteiger partial charge in [-0.25, -0.2) is 38.5 Å². The van der Waals surface area contributed by atoms with Crippen molar-refractivity contribution >= 4 is 75.4 Å². The van der Waals surface area contributed by atoms with Crippen molar-refractivity contribution < 1.29 is 107 Å². The number of aromatic nitrogens is 6. The average molecular weight is 1650 g/mol. The highest BCUT2D eigenvalue weighted by Gasteiger charge is 2.42. The molecular formula is C93H62F2N6O22. The van der Waals surface area contributed by atoms with E-state index in [1.807, 2.05) is 19.9 Å². The lowest BCUT2D eigenvalue weighted by molar-refractivity contribution is -0.142. The van der Waals surface area contributed by atoms with Gasteiger partial charge in [0.2, 0.25) is 52.2 Å². The molecule has 7 aliphatic rings. The van der Waals surface area contributed by atoms with Crippen LogP contribution in [0.15, 0.2) is 219 Å². The number of rotatable bonds is 10. The summed E-state index contributed by atoms with van der Waals surface area (Å²) in [4.78, 5) is 187. The van der Waals surface area contributed by atoms with Crippen LogP contribution >= 0.6 is 0 Å². The second kappa shape index (κ2) is 33.5. The minimum absolute atomic E-state index is 0.0266. The highest BCUT2D eigenvalue weighted by atomic mass is 19.1. The molecule has 0 saturated carbocycles. The lowest BCUT2D eigenvalue weighted by Crippen LogP contribution is -2.25. The molecule has 0 amide bonds. The van der Waals surface area contributed by atoms with Crippen LogP contribution in [0.3, 0.4) is 0 Å². The van der Waals surface area contributed by atoms with Crippen LogP contribution in [0.5, 0.6) is 0 Å². The molecule has 6 aromatic heterocycles. The number of fused-ring (bicyclic) bond motifs is 18. The fourth-order valence-electron chi connectivity index (χ4n) is 14.6. The molecule has 0 radical (unpaired) electrons. The Kier molecular flexibility index (Phi) is 22.0. The first-order chi connectivity index (χ1) is 59.3. The predicted molar refractivity (Wildman–Crippen MR) is 426 cm³/mol. The molecule has 1 aliphatic heterocycles. The van der Waals surface area contributed by atoms with Crippen LogP contribution in [0, 0.1) is 18.6 Å². The van der Waals surface area contributed by atoms with E-state index in [9.17, 15) is 75.9 Å². The maximum absolute atomic E-state index is 13.2. The molecule has 30 heteroatoms. The summed E-state index contributed by atoms with van der Waals surface area (Å²) in [5, 5.41) is 0. The molecular weight excluding hydrogens is 1590 g/mol. The molecule has 1 atom stereocenters. The van der Waals surface area contributed by atoms with E-state index in [0.717, 1.165) is 34.1 Å². The molecule has 0 N–H and O–H groups in total. The number of hydrogen-bond acceptors (Lipinski definition) is 27. The average Bonchev–Trinajstić information content (AvgIpc) is 1.65. The van der Waals surface area contributed by atoms with E-state index in [2.05, 4.69) is 24.9 Å². The highest BCUT2D eigenvalue weighted by Crippen LogP contribution is 2.42. The quantitative estimate of drug-likeness (QED) is 0.0906. The number of hydrogen-bond donors (Lipinski definition) is 0. The van der Waals surface area contributed by atoms with Gasteiger partial charge >= 0.3 is 11.7 Å². The molecule has 1 unspecified atom stereocenters. The van der Waals surface area contributed by atoms with Gasteiger partial charge in [-0.1, -0.05) is 171 Å². The molecule has 28 nitrogen and oxygen atoms in total. The van der Waals surface area contributed by atoms with Gasteiger partial charge in [-0.3, -0.25) is 66.9 Å². The summed E-state index contributed by atoms with van der Waals surface area (Å²) in [5.41, 5.74) is 9.07. The first-order valence-corrected chi connectivity index (χ1v) is 38.4. The Morgan fingerprint density at radius 1 is 0.390 bits per heavy atom. The first-order valence-electron chi connectivity index (χ1n) is 38.4. The lowest BCUT2D eigenvalue weighted by atomic mass is 9.91. The number of carbonyl (C=O) groups excluding carboxylic acids is 13. The van der Waals surface area contributed by atoms with Gasteiger partial charge in [0, 0.05) is 107 Å². The fraction of sp³-hybridized carbons (Fsp3) is 0.151. The molecule has 14 aromatic rings. The first kappa shape index (κ1) is 80.9. The van der Waals surface area contributed by atoms with Crippen molar-refractivity contribution in [1.82, 2.24) is 29.5 Å². The Morgan fingerprint density at radius 3 is 1.23 bits per heavy atom. The standard InChI is InChI=1S/C20H14FNO3.C19H12FNO3.C15H11NO4.C14H9NO5.C13H9NO3.C12H7NO4/c1-11-10-13(21)8-6-12(11)7-9-16-22-17-19(24)18(23)14-4-2-3-5-15(14)20(17)25-16;20-12-8-5-11(6-9-12)7-10-15-21-16-18(23)17(22)13-3-1-2-4-14(13)19(16)24-15;17-12-8-4-1-2-5-9(8)14-11(13(12)18)16-15(20-14)10-6-3-7-19-10;1-7(16)19-6-10-15-11-13(18)12(17)8-4-2-3-5-9(8)14(11)20-10;1-2-9-14-10-7-5-3-4-6-8(7)11(15)12(16)13(10)17-9;1-13-8-10(15)9(14)6-4-2-3-5-7(6)11(8)17-12(13)16/h2-6,8,10H,7,9H2,1H3;1-6,8-9H,7,10H2;1-2,4-5,10H,3,6-7H2;2-5H,6H2,1H3;3-6H,2H2,1H3;2-5H,1H3. The molecule has 610 valence electrons. The molecule has 6 aliphatic carbocycles. The van der Waals surface area contributed by atoms with Gasteiger partial charge < -0.3 is 36.0 Å². The van der Waals surface area contributed by atoms with E-state index in [4.69, 9.17) is 36.0 Å². The van der Waals surface area contributed by atoms with Gasteiger partial charge in [-0.05, 0) is 73.6 Å². The van der Waals surface area contributed by atoms with E-state index in [-0.39, 0.29) is 81.5 Å². The molecule has 8 aromatic carbocycles. The Labute approximate surface area is 692 Å². The molecule has 1 fully saturated rings. The molecule has 0 bridgehead atoms. The van der Waals surface area contributed by atoms with Crippen LogP contribution in [0.2, 0.25) is 0 Å². The van der Waals surface area contributed by atoms with Gasteiger partial charge in [0.15, 0.2) is 75.9 Å². The number of esters is 1. The normalized spacial score (nSPS) is 14.3. The summed E-state index contributed by atoms with van der Waals surface area (Å²) in [7, 11) is 1.41. The summed E-state index contributed by atoms with van der Waals surface area (Å²) < 4.78 is 70.5. The van der Waals surface area contributed by atoms with E-state index in [0.29, 0.717) is 146 Å². The summed E-state index contributed by atoms with van der Waals surface area (Å²) >= 11 is 0. The fourth-order valence-corrected chi connectivity index (χ4v) is 14.6. The van der Waals surface area contributed by atoms with Crippen LogP contribution in [0.1, 0.15) is 204 Å².